The zero-order valence-electron chi connectivity index (χ0n) is 18.8. The second-order valence-corrected chi connectivity index (χ2v) is 8.82. The van der Waals surface area contributed by atoms with Crippen molar-refractivity contribution in [3.05, 3.63) is 102 Å². The smallest absolute Gasteiger partial charge is 0.343 e. The highest BCUT2D eigenvalue weighted by Crippen LogP contribution is 2.30. The number of hydrogen-bond donors (Lipinski definition) is 0. The Labute approximate surface area is 194 Å². The largest absolute Gasteiger partial charge is 0.468 e. The summed E-state index contributed by atoms with van der Waals surface area (Å²) in [6, 6.07) is 25.5. The normalized spacial score (nSPS) is 16.7. The van der Waals surface area contributed by atoms with Crippen LogP contribution in [0, 0.1) is 0 Å². The van der Waals surface area contributed by atoms with Crippen LogP contribution in [0.3, 0.4) is 0 Å². The molecule has 33 heavy (non-hydrogen) atoms. The molecule has 1 fully saturated rings. The first-order valence-corrected chi connectivity index (χ1v) is 11.8. The summed E-state index contributed by atoms with van der Waals surface area (Å²) in [7, 11) is 0. The average Bonchev–Trinajstić information content (AvgIpc) is 3.28. The summed E-state index contributed by atoms with van der Waals surface area (Å²) in [4.78, 5) is 15.0. The molecule has 0 N–H and O–H groups in total. The highest BCUT2D eigenvalue weighted by Gasteiger charge is 2.22. The molecule has 0 aliphatic carbocycles. The van der Waals surface area contributed by atoms with Crippen LogP contribution in [-0.4, -0.2) is 30.5 Å². The predicted molar refractivity (Wildman–Crippen MR) is 131 cm³/mol. The molecule has 1 saturated heterocycles. The third kappa shape index (κ3) is 5.18. The molecule has 2 heterocycles. The van der Waals surface area contributed by atoms with Gasteiger partial charge in [0, 0.05) is 23.7 Å². The van der Waals surface area contributed by atoms with Gasteiger partial charge < -0.3 is 14.1 Å². The maximum absolute atomic E-state index is 12.4. The molecule has 4 nitrogen and oxygen atoms in total. The van der Waals surface area contributed by atoms with Crippen LogP contribution in [0.2, 0.25) is 0 Å². The topological polar surface area (TPSA) is 42.7 Å². The summed E-state index contributed by atoms with van der Waals surface area (Å²) in [6.45, 7) is 3.24. The molecule has 0 bridgehead atoms. The number of aryl methyl sites for hydroxylation is 1. The zero-order chi connectivity index (χ0) is 22.5. The molecule has 1 aliphatic rings. The van der Waals surface area contributed by atoms with Gasteiger partial charge in [-0.1, -0.05) is 54.6 Å². The molecule has 168 valence electrons. The highest BCUT2D eigenvalue weighted by molar-refractivity contribution is 5.91. The number of likely N-dealkylation sites (tertiary alicyclic amines) is 1. The minimum Gasteiger partial charge on any atom is -0.468 e. The third-order valence-corrected chi connectivity index (χ3v) is 6.52. The van der Waals surface area contributed by atoms with Crippen molar-refractivity contribution in [2.45, 2.75) is 31.6 Å². The van der Waals surface area contributed by atoms with Crippen molar-refractivity contribution < 1.29 is 13.9 Å². The van der Waals surface area contributed by atoms with Crippen LogP contribution in [0.15, 0.2) is 89.5 Å². The Morgan fingerprint density at radius 2 is 1.85 bits per heavy atom. The number of esters is 1. The molecule has 0 spiro atoms. The molecule has 5 rings (SSSR count). The molecule has 1 aliphatic heterocycles. The van der Waals surface area contributed by atoms with E-state index in [1.165, 1.54) is 22.8 Å². The standard InChI is InChI=1S/C29H29NO3/c31-29(22-9-2-1-3-10-22)33-26-14-6-12-23(19-26)24-13-7-17-30(20-24)18-8-16-28-27-15-5-4-11-25(27)21-32-28/h1-6,9-12,14-15,19,21,24H,7-8,13,16-18,20H2. The minimum atomic E-state index is -0.316. The fourth-order valence-electron chi connectivity index (χ4n) is 4.81. The van der Waals surface area contributed by atoms with Crippen molar-refractivity contribution in [3.63, 3.8) is 0 Å². The summed E-state index contributed by atoms with van der Waals surface area (Å²) in [6.07, 6.45) is 6.25. The van der Waals surface area contributed by atoms with E-state index in [-0.39, 0.29) is 5.97 Å². The summed E-state index contributed by atoms with van der Waals surface area (Å²) in [5.41, 5.74) is 1.81. The number of hydrogen-bond acceptors (Lipinski definition) is 4. The van der Waals surface area contributed by atoms with Gasteiger partial charge in [0.05, 0.1) is 11.8 Å². The first-order valence-electron chi connectivity index (χ1n) is 11.8. The van der Waals surface area contributed by atoms with Crippen LogP contribution in [0.4, 0.5) is 0 Å². The maximum Gasteiger partial charge on any atom is 0.343 e. The van der Waals surface area contributed by atoms with Crippen LogP contribution in [0.1, 0.15) is 46.9 Å². The summed E-state index contributed by atoms with van der Waals surface area (Å²) >= 11 is 0. The number of benzene rings is 3. The molecular weight excluding hydrogens is 410 g/mol. The van der Waals surface area contributed by atoms with Gasteiger partial charge in [-0.3, -0.25) is 0 Å². The van der Waals surface area contributed by atoms with Crippen molar-refractivity contribution in [2.24, 2.45) is 0 Å². The van der Waals surface area contributed by atoms with E-state index in [0.29, 0.717) is 17.2 Å². The molecule has 0 radical (unpaired) electrons. The Hall–Kier alpha value is -3.37. The number of furan rings is 1. The lowest BCUT2D eigenvalue weighted by molar-refractivity contribution is 0.0734. The molecule has 0 amide bonds. The van der Waals surface area contributed by atoms with Gasteiger partial charge in [0.25, 0.3) is 0 Å². The SMILES string of the molecule is O=C(Oc1cccc(C2CCCN(CCCc3occ4ccccc34)C2)c1)c1ccccc1. The Bertz CT molecular complexity index is 1210. The zero-order valence-corrected chi connectivity index (χ0v) is 18.8. The maximum atomic E-state index is 12.4. The van der Waals surface area contributed by atoms with Crippen LogP contribution >= 0.6 is 0 Å². The Morgan fingerprint density at radius 3 is 2.76 bits per heavy atom. The second kappa shape index (κ2) is 10.1. The third-order valence-electron chi connectivity index (χ3n) is 6.52. The number of nitrogens with zero attached hydrogens (tertiary/aromatic N) is 1. The first-order chi connectivity index (χ1) is 16.3. The van der Waals surface area contributed by atoms with Gasteiger partial charge in [0.15, 0.2) is 0 Å². The van der Waals surface area contributed by atoms with Gasteiger partial charge in [0.1, 0.15) is 11.5 Å². The van der Waals surface area contributed by atoms with Gasteiger partial charge in [0.2, 0.25) is 0 Å². The van der Waals surface area contributed by atoms with E-state index in [0.717, 1.165) is 44.7 Å². The van der Waals surface area contributed by atoms with E-state index in [2.05, 4.69) is 29.2 Å². The number of ether oxygens (including phenoxy) is 1. The first kappa shape index (κ1) is 21.5. The minimum absolute atomic E-state index is 0.316. The number of carbonyl (C=O) groups is 1. The van der Waals surface area contributed by atoms with E-state index < -0.39 is 0 Å². The lowest BCUT2D eigenvalue weighted by atomic mass is 9.90. The van der Waals surface area contributed by atoms with Crippen molar-refractivity contribution in [1.29, 1.82) is 0 Å². The average molecular weight is 440 g/mol. The summed E-state index contributed by atoms with van der Waals surface area (Å²) in [5, 5.41) is 2.41. The van der Waals surface area contributed by atoms with Crippen molar-refractivity contribution in [1.82, 2.24) is 4.90 Å². The van der Waals surface area contributed by atoms with Gasteiger partial charge in [-0.2, -0.15) is 0 Å². The van der Waals surface area contributed by atoms with Crippen LogP contribution in [-0.2, 0) is 6.42 Å². The fraction of sp³-hybridized carbons (Fsp3) is 0.276. The summed E-state index contributed by atoms with van der Waals surface area (Å²) < 4.78 is 11.4. The van der Waals surface area contributed by atoms with Crippen LogP contribution < -0.4 is 4.74 Å². The van der Waals surface area contributed by atoms with Gasteiger partial charge in [-0.05, 0) is 68.1 Å². The van der Waals surface area contributed by atoms with Gasteiger partial charge >= 0.3 is 5.97 Å². The number of piperidine rings is 1. The van der Waals surface area contributed by atoms with Crippen molar-refractivity contribution in [3.8, 4) is 5.75 Å². The Balaban J connectivity index is 1.17. The molecule has 4 aromatic rings. The lowest BCUT2D eigenvalue weighted by Gasteiger charge is -2.33. The van der Waals surface area contributed by atoms with E-state index in [1.807, 2.05) is 48.7 Å². The van der Waals surface area contributed by atoms with Crippen molar-refractivity contribution in [2.75, 3.05) is 19.6 Å². The van der Waals surface area contributed by atoms with Gasteiger partial charge in [-0.15, -0.1) is 0 Å². The van der Waals surface area contributed by atoms with Crippen LogP contribution in [0.5, 0.6) is 5.75 Å². The van der Waals surface area contributed by atoms with Crippen molar-refractivity contribution >= 4 is 16.7 Å². The molecule has 3 aromatic carbocycles. The number of carbonyl (C=O) groups excluding carboxylic acids is 1. The van der Waals surface area contributed by atoms with E-state index in [9.17, 15) is 4.79 Å². The quantitative estimate of drug-likeness (QED) is 0.245. The highest BCUT2D eigenvalue weighted by atomic mass is 16.5. The van der Waals surface area contributed by atoms with E-state index in [4.69, 9.17) is 9.15 Å². The monoisotopic (exact) mass is 439 g/mol. The molecule has 4 heteroatoms. The Kier molecular flexibility index (Phi) is 6.54. The number of rotatable bonds is 7. The second-order valence-electron chi connectivity index (χ2n) is 8.82. The lowest BCUT2D eigenvalue weighted by Crippen LogP contribution is -2.35. The summed E-state index contributed by atoms with van der Waals surface area (Å²) in [5.74, 6) is 1.84. The number of fused-ring (bicyclic) bond motifs is 1. The van der Waals surface area contributed by atoms with E-state index >= 15 is 0 Å². The predicted octanol–water partition coefficient (Wildman–Crippen LogP) is 6.46. The molecule has 0 saturated carbocycles. The molecule has 1 unspecified atom stereocenters. The van der Waals surface area contributed by atoms with Crippen LogP contribution in [0.25, 0.3) is 10.8 Å². The van der Waals surface area contributed by atoms with Gasteiger partial charge in [-0.25, -0.2) is 4.79 Å². The Morgan fingerprint density at radius 1 is 1.00 bits per heavy atom. The molecular formula is C29H29NO3. The van der Waals surface area contributed by atoms with E-state index in [1.54, 1.807) is 12.1 Å². The molecule has 1 atom stereocenters. The fourth-order valence-corrected chi connectivity index (χ4v) is 4.81. The molecule has 1 aromatic heterocycles.